The molecule has 0 radical (unpaired) electrons. The van der Waals surface area contributed by atoms with Gasteiger partial charge in [-0.05, 0) is 32.0 Å². The van der Waals surface area contributed by atoms with E-state index in [4.69, 9.17) is 9.72 Å². The van der Waals surface area contributed by atoms with Crippen molar-refractivity contribution in [2.75, 3.05) is 31.2 Å². The van der Waals surface area contributed by atoms with Crippen molar-refractivity contribution in [1.29, 1.82) is 0 Å². The van der Waals surface area contributed by atoms with E-state index < -0.39 is 11.7 Å². The van der Waals surface area contributed by atoms with Crippen LogP contribution in [0.4, 0.5) is 19.0 Å². The lowest BCUT2D eigenvalue weighted by Crippen LogP contribution is -2.61. The van der Waals surface area contributed by atoms with Gasteiger partial charge < -0.3 is 9.64 Å². The summed E-state index contributed by atoms with van der Waals surface area (Å²) < 4.78 is 46.8. The SMILES string of the molecule is Cc1[nH]ncc1C1C(C)N(c2ccnc(-c3cnc4ccc(C(F)(F)F)cn34)n2)CCN1C1COC1. The van der Waals surface area contributed by atoms with Gasteiger partial charge in [0.1, 0.15) is 17.2 Å². The molecule has 0 aromatic carbocycles. The molecular weight excluding hydrogens is 473 g/mol. The number of hydrogen-bond acceptors (Lipinski definition) is 7. The van der Waals surface area contributed by atoms with Gasteiger partial charge >= 0.3 is 6.18 Å². The number of aromatic nitrogens is 6. The van der Waals surface area contributed by atoms with E-state index in [0.717, 1.165) is 36.6 Å². The number of piperazine rings is 1. The summed E-state index contributed by atoms with van der Waals surface area (Å²) in [7, 11) is 0. The summed E-state index contributed by atoms with van der Waals surface area (Å²) in [6.07, 6.45) is 1.60. The van der Waals surface area contributed by atoms with Gasteiger partial charge in [-0.2, -0.15) is 18.3 Å². The number of nitrogens with one attached hydrogen (secondary N) is 1. The maximum absolute atomic E-state index is 13.3. The zero-order valence-corrected chi connectivity index (χ0v) is 19.8. The van der Waals surface area contributed by atoms with Gasteiger partial charge in [-0.25, -0.2) is 15.0 Å². The average Bonchev–Trinajstić information content (AvgIpc) is 3.43. The summed E-state index contributed by atoms with van der Waals surface area (Å²) in [5, 5.41) is 7.31. The van der Waals surface area contributed by atoms with E-state index in [-0.39, 0.29) is 12.1 Å². The lowest BCUT2D eigenvalue weighted by molar-refractivity contribution is -0.137. The van der Waals surface area contributed by atoms with Crippen LogP contribution in [0, 0.1) is 6.92 Å². The Morgan fingerprint density at radius 2 is 1.92 bits per heavy atom. The van der Waals surface area contributed by atoms with Crippen molar-refractivity contribution in [3.05, 3.63) is 59.8 Å². The second-order valence-corrected chi connectivity index (χ2v) is 9.28. The number of pyridine rings is 1. The summed E-state index contributed by atoms with van der Waals surface area (Å²) in [6.45, 7) is 7.17. The van der Waals surface area contributed by atoms with Crippen molar-refractivity contribution in [3.8, 4) is 11.5 Å². The Kier molecular flexibility index (Phi) is 5.45. The molecular formula is C24H25F3N8O. The molecule has 4 aromatic heterocycles. The molecule has 1 N–H and O–H groups in total. The molecule has 2 saturated heterocycles. The summed E-state index contributed by atoms with van der Waals surface area (Å²) in [5.74, 6) is 1.03. The van der Waals surface area contributed by atoms with Gasteiger partial charge in [-0.1, -0.05) is 0 Å². The number of anilines is 1. The summed E-state index contributed by atoms with van der Waals surface area (Å²) in [4.78, 5) is 18.1. The first kappa shape index (κ1) is 22.9. The van der Waals surface area contributed by atoms with Crippen molar-refractivity contribution < 1.29 is 17.9 Å². The van der Waals surface area contributed by atoms with Crippen molar-refractivity contribution in [2.45, 2.75) is 38.1 Å². The minimum Gasteiger partial charge on any atom is -0.378 e. The van der Waals surface area contributed by atoms with E-state index in [0.29, 0.717) is 42.2 Å². The fourth-order valence-electron chi connectivity index (χ4n) is 5.20. The highest BCUT2D eigenvalue weighted by atomic mass is 19.4. The number of rotatable bonds is 4. The minimum absolute atomic E-state index is 0.0532. The molecule has 0 aliphatic carbocycles. The Morgan fingerprint density at radius 1 is 1.08 bits per heavy atom. The fourth-order valence-corrected chi connectivity index (χ4v) is 5.20. The first-order valence-electron chi connectivity index (χ1n) is 11.8. The highest BCUT2D eigenvalue weighted by molar-refractivity contribution is 5.59. The summed E-state index contributed by atoms with van der Waals surface area (Å²) in [6, 6.07) is 4.70. The lowest BCUT2D eigenvalue weighted by Gasteiger charge is -2.51. The summed E-state index contributed by atoms with van der Waals surface area (Å²) in [5.41, 5.74) is 2.20. The number of ether oxygens (including phenoxy) is 1. The highest BCUT2D eigenvalue weighted by Gasteiger charge is 2.42. The molecule has 12 heteroatoms. The number of aromatic amines is 1. The average molecular weight is 499 g/mol. The zero-order valence-electron chi connectivity index (χ0n) is 19.8. The van der Waals surface area contributed by atoms with Crippen LogP contribution in [0.3, 0.4) is 0 Å². The molecule has 2 atom stereocenters. The molecule has 9 nitrogen and oxygen atoms in total. The van der Waals surface area contributed by atoms with Crippen LogP contribution in [0.1, 0.15) is 29.8 Å². The molecule has 36 heavy (non-hydrogen) atoms. The van der Waals surface area contributed by atoms with Crippen LogP contribution in [-0.4, -0.2) is 72.8 Å². The predicted octanol–water partition coefficient (Wildman–Crippen LogP) is 3.49. The van der Waals surface area contributed by atoms with E-state index in [1.807, 2.05) is 19.2 Å². The van der Waals surface area contributed by atoms with Crippen LogP contribution in [0.5, 0.6) is 0 Å². The Balaban J connectivity index is 1.36. The van der Waals surface area contributed by atoms with Crippen LogP contribution < -0.4 is 4.90 Å². The van der Waals surface area contributed by atoms with Crippen LogP contribution in [0.15, 0.2) is 43.0 Å². The maximum Gasteiger partial charge on any atom is 0.417 e. The van der Waals surface area contributed by atoms with E-state index in [2.05, 4.69) is 36.9 Å². The molecule has 2 aliphatic rings. The number of aryl methyl sites for hydroxylation is 1. The third-order valence-corrected chi connectivity index (χ3v) is 7.18. The third-order valence-electron chi connectivity index (χ3n) is 7.18. The monoisotopic (exact) mass is 498 g/mol. The van der Waals surface area contributed by atoms with E-state index in [1.165, 1.54) is 16.7 Å². The van der Waals surface area contributed by atoms with E-state index in [1.54, 1.807) is 6.20 Å². The molecule has 4 aromatic rings. The largest absolute Gasteiger partial charge is 0.417 e. The number of fused-ring (bicyclic) bond motifs is 1. The molecule has 0 amide bonds. The number of hydrogen-bond donors (Lipinski definition) is 1. The van der Waals surface area contributed by atoms with Gasteiger partial charge in [-0.15, -0.1) is 0 Å². The van der Waals surface area contributed by atoms with Crippen LogP contribution in [0.2, 0.25) is 0 Å². The standard InChI is InChI=1S/C24H25F3N8O/c1-14-18(9-30-32-14)22-15(2)33(7-8-34(22)17-12-36-13-17)21-5-6-28-23(31-21)19-10-29-20-4-3-16(11-35(19)20)24(25,26)27/h3-6,9-11,15,17,22H,7-8,12-13H2,1-2H3,(H,30,32). The maximum atomic E-state index is 13.3. The fraction of sp³-hybridized carbons (Fsp3) is 0.417. The van der Waals surface area contributed by atoms with Crippen LogP contribution in [-0.2, 0) is 10.9 Å². The molecule has 2 unspecified atom stereocenters. The van der Waals surface area contributed by atoms with Crippen molar-refractivity contribution in [2.24, 2.45) is 0 Å². The Morgan fingerprint density at radius 3 is 2.61 bits per heavy atom. The Hall–Kier alpha value is -3.51. The smallest absolute Gasteiger partial charge is 0.378 e. The van der Waals surface area contributed by atoms with Gasteiger partial charge in [0, 0.05) is 42.8 Å². The Labute approximate surface area is 204 Å². The topological polar surface area (TPSA) is 87.5 Å². The summed E-state index contributed by atoms with van der Waals surface area (Å²) >= 11 is 0. The normalized spacial score (nSPS) is 21.8. The second-order valence-electron chi connectivity index (χ2n) is 9.28. The number of H-pyrrole nitrogens is 1. The molecule has 0 spiro atoms. The van der Waals surface area contributed by atoms with E-state index in [9.17, 15) is 13.2 Å². The molecule has 6 rings (SSSR count). The molecule has 0 bridgehead atoms. The number of nitrogens with zero attached hydrogens (tertiary/aromatic N) is 7. The van der Waals surface area contributed by atoms with Gasteiger partial charge in [0.05, 0.1) is 43.3 Å². The third kappa shape index (κ3) is 3.80. The van der Waals surface area contributed by atoms with Crippen molar-refractivity contribution in [3.63, 3.8) is 0 Å². The van der Waals surface area contributed by atoms with E-state index >= 15 is 0 Å². The van der Waals surface area contributed by atoms with Gasteiger partial charge in [0.25, 0.3) is 0 Å². The first-order valence-corrected chi connectivity index (χ1v) is 11.8. The predicted molar refractivity (Wildman–Crippen MR) is 125 cm³/mol. The van der Waals surface area contributed by atoms with Crippen LogP contribution in [0.25, 0.3) is 17.2 Å². The number of alkyl halides is 3. The lowest BCUT2D eigenvalue weighted by atomic mass is 9.93. The number of halogens is 3. The molecule has 2 aliphatic heterocycles. The highest BCUT2D eigenvalue weighted by Crippen LogP contribution is 2.37. The minimum atomic E-state index is -4.46. The van der Waals surface area contributed by atoms with Crippen molar-refractivity contribution in [1.82, 2.24) is 34.4 Å². The van der Waals surface area contributed by atoms with Gasteiger partial charge in [0.15, 0.2) is 5.82 Å². The van der Waals surface area contributed by atoms with Gasteiger partial charge in [0.2, 0.25) is 0 Å². The van der Waals surface area contributed by atoms with Crippen LogP contribution >= 0.6 is 0 Å². The molecule has 2 fully saturated rings. The molecule has 6 heterocycles. The zero-order chi connectivity index (χ0) is 25.0. The van der Waals surface area contributed by atoms with Gasteiger partial charge in [-0.3, -0.25) is 14.4 Å². The molecule has 0 saturated carbocycles. The quantitative estimate of drug-likeness (QED) is 0.461. The first-order chi connectivity index (χ1) is 17.3. The second kappa shape index (κ2) is 8.56. The molecule has 188 valence electrons. The number of imidazole rings is 1. The van der Waals surface area contributed by atoms with Crippen molar-refractivity contribution >= 4 is 11.5 Å². The Bertz CT molecular complexity index is 1400.